The molecule has 0 aliphatic heterocycles. The molecule has 1 amide bonds. The minimum absolute atomic E-state index is 0.0740. The number of hydrogen-bond acceptors (Lipinski definition) is 4. The number of pyridine rings is 1. The molecular formula is C20H17ClN2O3. The van der Waals surface area contributed by atoms with E-state index in [-0.39, 0.29) is 17.9 Å². The average Bonchev–Trinajstić information content (AvgIpc) is 2.66. The van der Waals surface area contributed by atoms with Gasteiger partial charge in [-0.2, -0.15) is 0 Å². The molecule has 0 spiro atoms. The number of carbonyl (C=O) groups is 1. The van der Waals surface area contributed by atoms with Crippen molar-refractivity contribution in [1.82, 2.24) is 10.3 Å². The van der Waals surface area contributed by atoms with E-state index in [1.54, 1.807) is 36.4 Å². The molecule has 3 rings (SSSR count). The molecule has 3 N–H and O–H groups in total. The van der Waals surface area contributed by atoms with Gasteiger partial charge in [0.05, 0.1) is 12.1 Å². The number of amides is 1. The second-order valence-corrected chi connectivity index (χ2v) is 6.13. The second-order valence-electron chi connectivity index (χ2n) is 5.69. The molecule has 0 atom stereocenters. The molecule has 0 saturated carbocycles. The molecule has 1 heterocycles. The Morgan fingerprint density at radius 3 is 2.69 bits per heavy atom. The predicted molar refractivity (Wildman–Crippen MR) is 102 cm³/mol. The number of aromatic nitrogens is 1. The van der Waals surface area contributed by atoms with Gasteiger partial charge in [0, 0.05) is 23.2 Å². The number of hydrogen-bond donors (Lipinski definition) is 3. The normalized spacial score (nSPS) is 11.2. The molecule has 3 aromatic rings. The zero-order valence-electron chi connectivity index (χ0n) is 13.8. The quantitative estimate of drug-likeness (QED) is 0.643. The molecule has 132 valence electrons. The summed E-state index contributed by atoms with van der Waals surface area (Å²) >= 11 is 5.84. The first-order chi connectivity index (χ1) is 12.6. The van der Waals surface area contributed by atoms with Gasteiger partial charge >= 0.3 is 0 Å². The summed E-state index contributed by atoms with van der Waals surface area (Å²) in [4.78, 5) is 16.7. The number of aromatic hydroxyl groups is 1. The van der Waals surface area contributed by atoms with E-state index in [0.717, 1.165) is 11.1 Å². The Balaban J connectivity index is 1.84. The largest absolute Gasteiger partial charge is 0.506 e. The Morgan fingerprint density at radius 1 is 1.19 bits per heavy atom. The van der Waals surface area contributed by atoms with Gasteiger partial charge in [-0.3, -0.25) is 9.78 Å². The van der Waals surface area contributed by atoms with Crippen molar-refractivity contribution in [1.29, 1.82) is 0 Å². The predicted octanol–water partition coefficient (Wildman–Crippen LogP) is 3.53. The number of carbonyl (C=O) groups excluding carboxylic acids is 1. The smallest absolute Gasteiger partial charge is 0.256 e. The van der Waals surface area contributed by atoms with Crippen LogP contribution in [0.25, 0.3) is 17.0 Å². The zero-order chi connectivity index (χ0) is 18.5. The topological polar surface area (TPSA) is 82.5 Å². The van der Waals surface area contributed by atoms with Gasteiger partial charge in [-0.1, -0.05) is 42.0 Å². The molecule has 0 saturated heterocycles. The number of aliphatic hydroxyl groups excluding tert-OH is 1. The molecule has 0 unspecified atom stereocenters. The van der Waals surface area contributed by atoms with Crippen LogP contribution in [0.15, 0.2) is 54.7 Å². The molecular weight excluding hydrogens is 352 g/mol. The highest BCUT2D eigenvalue weighted by molar-refractivity contribution is 6.30. The fraction of sp³-hybridized carbons (Fsp3) is 0.100. The van der Waals surface area contributed by atoms with E-state index in [1.807, 2.05) is 18.2 Å². The van der Waals surface area contributed by atoms with Gasteiger partial charge in [0.15, 0.2) is 0 Å². The number of fused-ring (bicyclic) bond motifs is 1. The molecule has 0 fully saturated rings. The van der Waals surface area contributed by atoms with Crippen molar-refractivity contribution < 1.29 is 15.0 Å². The lowest BCUT2D eigenvalue weighted by atomic mass is 10.1. The molecule has 0 aliphatic rings. The van der Waals surface area contributed by atoms with Crippen LogP contribution in [-0.2, 0) is 6.54 Å². The van der Waals surface area contributed by atoms with E-state index in [4.69, 9.17) is 16.7 Å². The summed E-state index contributed by atoms with van der Waals surface area (Å²) in [6.45, 7) is 0.238. The van der Waals surface area contributed by atoms with Crippen molar-refractivity contribution in [2.45, 2.75) is 6.54 Å². The van der Waals surface area contributed by atoms with Gasteiger partial charge in [0.2, 0.25) is 0 Å². The second kappa shape index (κ2) is 7.99. The molecule has 6 heteroatoms. The van der Waals surface area contributed by atoms with E-state index in [1.165, 1.54) is 6.20 Å². The van der Waals surface area contributed by atoms with Crippen molar-refractivity contribution in [3.63, 3.8) is 0 Å². The number of benzene rings is 2. The molecule has 0 bridgehead atoms. The van der Waals surface area contributed by atoms with Crippen LogP contribution in [0.5, 0.6) is 5.75 Å². The number of nitrogens with one attached hydrogen (secondary N) is 1. The highest BCUT2D eigenvalue weighted by Crippen LogP contribution is 2.28. The first-order valence-electron chi connectivity index (χ1n) is 8.00. The number of aliphatic hydroxyl groups is 1. The van der Waals surface area contributed by atoms with Crippen molar-refractivity contribution >= 4 is 34.5 Å². The van der Waals surface area contributed by atoms with Crippen LogP contribution in [0, 0.1) is 0 Å². The summed E-state index contributed by atoms with van der Waals surface area (Å²) in [6.07, 6.45) is 4.68. The standard InChI is InChI=1S/C20H17ClN2O3/c21-15-6-3-14(4-7-15)11-23-20(26)17-12-22-18-8-5-13(2-1-9-24)10-16(18)19(17)25/h1-8,10,12,24H,9,11H2,(H,22,25)(H,23,26)/b2-1+. The van der Waals surface area contributed by atoms with Crippen LogP contribution in [-0.4, -0.2) is 27.7 Å². The van der Waals surface area contributed by atoms with Crippen molar-refractivity contribution in [2.24, 2.45) is 0 Å². The monoisotopic (exact) mass is 368 g/mol. The Labute approximate surface area is 155 Å². The Morgan fingerprint density at radius 2 is 1.96 bits per heavy atom. The van der Waals surface area contributed by atoms with E-state index in [9.17, 15) is 9.90 Å². The van der Waals surface area contributed by atoms with Crippen molar-refractivity contribution in [3.8, 4) is 5.75 Å². The highest BCUT2D eigenvalue weighted by atomic mass is 35.5. The van der Waals surface area contributed by atoms with Crippen molar-refractivity contribution in [3.05, 3.63) is 76.5 Å². The van der Waals surface area contributed by atoms with Crippen LogP contribution in [0.4, 0.5) is 0 Å². The third-order valence-electron chi connectivity index (χ3n) is 3.89. The van der Waals surface area contributed by atoms with Crippen LogP contribution < -0.4 is 5.32 Å². The van der Waals surface area contributed by atoms with Gasteiger partial charge in [-0.25, -0.2) is 0 Å². The summed E-state index contributed by atoms with van der Waals surface area (Å²) < 4.78 is 0. The molecule has 2 aromatic carbocycles. The lowest BCUT2D eigenvalue weighted by Crippen LogP contribution is -2.23. The summed E-state index contributed by atoms with van der Waals surface area (Å²) in [5.41, 5.74) is 2.38. The first kappa shape index (κ1) is 17.9. The van der Waals surface area contributed by atoms with Crippen molar-refractivity contribution in [2.75, 3.05) is 6.61 Å². The van der Waals surface area contributed by atoms with Gasteiger partial charge in [0.25, 0.3) is 5.91 Å². The summed E-state index contributed by atoms with van der Waals surface area (Å²) in [5, 5.41) is 23.2. The zero-order valence-corrected chi connectivity index (χ0v) is 14.6. The average molecular weight is 369 g/mol. The minimum Gasteiger partial charge on any atom is -0.506 e. The molecule has 1 aromatic heterocycles. The lowest BCUT2D eigenvalue weighted by Gasteiger charge is -2.09. The van der Waals surface area contributed by atoms with E-state index in [2.05, 4.69) is 10.3 Å². The van der Waals surface area contributed by atoms with Crippen LogP contribution >= 0.6 is 11.6 Å². The van der Waals surface area contributed by atoms with E-state index in [0.29, 0.717) is 22.5 Å². The third-order valence-corrected chi connectivity index (χ3v) is 4.14. The number of rotatable bonds is 5. The van der Waals surface area contributed by atoms with Gasteiger partial charge in [-0.15, -0.1) is 0 Å². The summed E-state index contributed by atoms with van der Waals surface area (Å²) in [5.74, 6) is -0.536. The van der Waals surface area contributed by atoms with E-state index >= 15 is 0 Å². The number of halogens is 1. The van der Waals surface area contributed by atoms with Gasteiger partial charge < -0.3 is 15.5 Å². The third kappa shape index (κ3) is 4.02. The molecule has 0 aliphatic carbocycles. The lowest BCUT2D eigenvalue weighted by molar-refractivity contribution is 0.0948. The minimum atomic E-state index is -0.414. The van der Waals surface area contributed by atoms with Crippen LogP contribution in [0.2, 0.25) is 5.02 Å². The molecule has 26 heavy (non-hydrogen) atoms. The fourth-order valence-corrected chi connectivity index (χ4v) is 2.66. The number of nitrogens with zero attached hydrogens (tertiary/aromatic N) is 1. The SMILES string of the molecule is O=C(NCc1ccc(Cl)cc1)c1cnc2ccc(/C=C/CO)cc2c1O. The first-order valence-corrected chi connectivity index (χ1v) is 8.38. The summed E-state index contributed by atoms with van der Waals surface area (Å²) in [6, 6.07) is 12.4. The maximum atomic E-state index is 12.4. The van der Waals surface area contributed by atoms with Crippen LogP contribution in [0.3, 0.4) is 0 Å². The van der Waals surface area contributed by atoms with Crippen LogP contribution in [0.1, 0.15) is 21.5 Å². The fourth-order valence-electron chi connectivity index (χ4n) is 2.53. The van der Waals surface area contributed by atoms with Gasteiger partial charge in [0.1, 0.15) is 11.3 Å². The Bertz CT molecular complexity index is 969. The highest BCUT2D eigenvalue weighted by Gasteiger charge is 2.15. The Kier molecular flexibility index (Phi) is 5.51. The maximum absolute atomic E-state index is 12.4. The van der Waals surface area contributed by atoms with Gasteiger partial charge in [-0.05, 0) is 35.4 Å². The Hall–Kier alpha value is -2.89. The van der Waals surface area contributed by atoms with E-state index < -0.39 is 5.91 Å². The molecule has 5 nitrogen and oxygen atoms in total. The summed E-state index contributed by atoms with van der Waals surface area (Å²) in [7, 11) is 0. The molecule has 0 radical (unpaired) electrons. The maximum Gasteiger partial charge on any atom is 0.256 e.